The van der Waals surface area contributed by atoms with Gasteiger partial charge in [0.2, 0.25) is 0 Å². The zero-order valence-corrected chi connectivity index (χ0v) is 25.6. The molecule has 0 saturated carbocycles. The van der Waals surface area contributed by atoms with Crippen molar-refractivity contribution in [3.05, 3.63) is 106 Å². The van der Waals surface area contributed by atoms with Crippen LogP contribution < -0.4 is 24.8 Å². The Morgan fingerprint density at radius 2 is 1.37 bits per heavy atom. The Hall–Kier alpha value is -0.967. The van der Waals surface area contributed by atoms with Crippen LogP contribution in [-0.4, -0.2) is 12.3 Å². The van der Waals surface area contributed by atoms with Crippen molar-refractivity contribution >= 4 is 20.1 Å². The summed E-state index contributed by atoms with van der Waals surface area (Å²) in [4.78, 5) is 0. The largest absolute Gasteiger partial charge is 1.00 e. The molecule has 4 heteroatoms. The van der Waals surface area contributed by atoms with E-state index in [2.05, 4.69) is 106 Å². The molecule has 0 aromatic heterocycles. The van der Waals surface area contributed by atoms with Crippen LogP contribution >= 0.6 is 7.92 Å². The van der Waals surface area contributed by atoms with Crippen LogP contribution in [0.5, 0.6) is 0 Å². The van der Waals surface area contributed by atoms with Crippen molar-refractivity contribution in [2.24, 2.45) is 0 Å². The predicted octanol–water partition coefficient (Wildman–Crippen LogP) is 3.30. The van der Waals surface area contributed by atoms with E-state index < -0.39 is 23.2 Å². The number of allylic oxidation sites excluding steroid dienone is 2. The fourth-order valence-electron chi connectivity index (χ4n) is 5.48. The molecule has 0 fully saturated rings. The second-order valence-electron chi connectivity index (χ2n) is 9.28. The predicted molar refractivity (Wildman–Crippen MR) is 143 cm³/mol. The molecule has 2 unspecified atom stereocenters. The minimum atomic E-state index is -0.808. The zero-order chi connectivity index (χ0) is 22.8. The maximum absolute atomic E-state index is 2.62. The number of hydrogen-bond acceptors (Lipinski definition) is 0. The molecule has 0 aliphatic heterocycles. The molecule has 2 aliphatic carbocycles. The maximum Gasteiger partial charge on any atom is -1.00 e. The second kappa shape index (κ2) is 13.0. The molecular weight excluding hydrogens is 565 g/mol. The summed E-state index contributed by atoms with van der Waals surface area (Å²) in [6.07, 6.45) is 10.5. The molecule has 0 spiro atoms. The maximum atomic E-state index is 2.62. The van der Waals surface area contributed by atoms with E-state index in [1.807, 2.05) is 5.31 Å². The van der Waals surface area contributed by atoms with Gasteiger partial charge in [-0.05, 0) is 0 Å². The van der Waals surface area contributed by atoms with Gasteiger partial charge >= 0.3 is 214 Å². The van der Waals surface area contributed by atoms with Gasteiger partial charge in [0.25, 0.3) is 0 Å². The van der Waals surface area contributed by atoms with Gasteiger partial charge in [-0.15, -0.1) is 0 Å². The fraction of sp³-hybridized carbons (Fsp3) is 0.290. The van der Waals surface area contributed by atoms with E-state index in [0.29, 0.717) is 3.63 Å². The molecule has 2 atom stereocenters. The monoisotopic (exact) mass is 596 g/mol. The van der Waals surface area contributed by atoms with E-state index in [0.717, 1.165) is 3.63 Å². The van der Waals surface area contributed by atoms with Gasteiger partial charge in [-0.2, -0.15) is 0 Å². The first kappa shape index (κ1) is 28.6. The number of benzene rings is 3. The van der Waals surface area contributed by atoms with Gasteiger partial charge < -0.3 is 24.8 Å². The van der Waals surface area contributed by atoms with E-state index in [1.165, 1.54) is 47.4 Å². The SMILES string of the molecule is CCCP(CCC)C1=Cc2ccccc2[CH]1[Zr+2][CH]1C(C)=Cc2c(-c3ccccc3)cccc21.[Cl-].[Cl-]. The minimum absolute atomic E-state index is 0. The fourth-order valence-corrected chi connectivity index (χ4v) is 14.4. The summed E-state index contributed by atoms with van der Waals surface area (Å²) in [7, 11) is -0.00763. The average molecular weight is 599 g/mol. The van der Waals surface area contributed by atoms with Crippen LogP contribution in [0.2, 0.25) is 0 Å². The molecule has 0 saturated heterocycles. The van der Waals surface area contributed by atoms with Crippen LogP contribution in [-0.2, 0) is 23.2 Å². The van der Waals surface area contributed by atoms with E-state index in [4.69, 9.17) is 0 Å². The third kappa shape index (κ3) is 5.80. The van der Waals surface area contributed by atoms with Gasteiger partial charge in [-0.3, -0.25) is 0 Å². The summed E-state index contributed by atoms with van der Waals surface area (Å²) in [6, 6.07) is 27.2. The molecule has 0 amide bonds. The van der Waals surface area contributed by atoms with Crippen molar-refractivity contribution in [3.8, 4) is 11.1 Å². The molecule has 0 N–H and O–H groups in total. The summed E-state index contributed by atoms with van der Waals surface area (Å²) in [5.74, 6) is 0. The Morgan fingerprint density at radius 1 is 0.714 bits per heavy atom. The smallest absolute Gasteiger partial charge is 1.00 e. The number of fused-ring (bicyclic) bond motifs is 2. The Bertz CT molecular complexity index is 1200. The Morgan fingerprint density at radius 3 is 2.09 bits per heavy atom. The van der Waals surface area contributed by atoms with Crippen LogP contribution in [0.25, 0.3) is 23.3 Å². The van der Waals surface area contributed by atoms with E-state index >= 15 is 0 Å². The van der Waals surface area contributed by atoms with Gasteiger partial charge in [0, 0.05) is 0 Å². The Labute approximate surface area is 236 Å². The summed E-state index contributed by atoms with van der Waals surface area (Å²) >= 11 is -0.808. The summed E-state index contributed by atoms with van der Waals surface area (Å²) in [6.45, 7) is 7.13. The number of halogens is 2. The molecule has 180 valence electrons. The van der Waals surface area contributed by atoms with Crippen molar-refractivity contribution in [1.82, 2.24) is 0 Å². The average Bonchev–Trinajstić information content (AvgIpc) is 3.37. The van der Waals surface area contributed by atoms with Gasteiger partial charge in [-0.1, -0.05) is 0 Å². The Kier molecular flexibility index (Phi) is 10.6. The van der Waals surface area contributed by atoms with Crippen LogP contribution in [0.4, 0.5) is 0 Å². The summed E-state index contributed by atoms with van der Waals surface area (Å²) in [5, 5.41) is 1.84. The molecule has 3 aromatic rings. The molecule has 3 aromatic carbocycles. The van der Waals surface area contributed by atoms with Crippen molar-refractivity contribution in [1.29, 1.82) is 0 Å². The first-order valence-electron chi connectivity index (χ1n) is 12.4. The minimum Gasteiger partial charge on any atom is -1.00 e. The standard InChI is InChI=1S/C16H13.C15H20P.2ClH.Zr/c1-12-10-14-8-5-9-15(16(14)11-12)13-6-3-2-4-7-13;1-3-9-16(10-4-2)15-11-13-7-5-6-8-14(13)12-15;;;/h2-11H,1H3;5-8,11-12H,3-4,9-10H2,1-2H3;2*1H;/q;;;;+2/p-2. The van der Waals surface area contributed by atoms with Crippen molar-refractivity contribution in [2.45, 2.75) is 40.9 Å². The van der Waals surface area contributed by atoms with Crippen LogP contribution in [0.15, 0.2) is 83.7 Å². The van der Waals surface area contributed by atoms with Gasteiger partial charge in [0.05, 0.1) is 0 Å². The number of hydrogen-bond donors (Lipinski definition) is 0. The molecule has 5 rings (SSSR count). The molecule has 2 aliphatic rings. The first-order valence-corrected chi connectivity index (χ1v) is 16.9. The van der Waals surface area contributed by atoms with Crippen LogP contribution in [0.3, 0.4) is 0 Å². The van der Waals surface area contributed by atoms with Crippen LogP contribution in [0, 0.1) is 0 Å². The third-order valence-electron chi connectivity index (χ3n) is 6.95. The summed E-state index contributed by atoms with van der Waals surface area (Å²) < 4.78 is 1.40. The zero-order valence-electron chi connectivity index (χ0n) is 20.8. The second-order valence-corrected chi connectivity index (χ2v) is 15.4. The van der Waals surface area contributed by atoms with Crippen molar-refractivity contribution in [3.63, 3.8) is 0 Å². The summed E-state index contributed by atoms with van der Waals surface area (Å²) in [5.41, 5.74) is 10.6. The van der Waals surface area contributed by atoms with Gasteiger partial charge in [-0.25, -0.2) is 0 Å². The third-order valence-corrected chi connectivity index (χ3v) is 15.7. The van der Waals surface area contributed by atoms with E-state index in [-0.39, 0.29) is 32.7 Å². The van der Waals surface area contributed by atoms with Crippen LogP contribution in [0.1, 0.15) is 63.1 Å². The molecule has 35 heavy (non-hydrogen) atoms. The molecular formula is C31H33Cl2PZr. The molecule has 0 bridgehead atoms. The first-order chi connectivity index (χ1) is 16.2. The van der Waals surface area contributed by atoms with Crippen molar-refractivity contribution in [2.75, 3.05) is 12.3 Å². The van der Waals surface area contributed by atoms with E-state index in [9.17, 15) is 0 Å². The van der Waals surface area contributed by atoms with Gasteiger partial charge in [0.1, 0.15) is 0 Å². The van der Waals surface area contributed by atoms with Gasteiger partial charge in [0.15, 0.2) is 0 Å². The number of rotatable bonds is 8. The molecule has 0 heterocycles. The van der Waals surface area contributed by atoms with E-state index in [1.54, 1.807) is 16.7 Å². The van der Waals surface area contributed by atoms with Crippen molar-refractivity contribution < 1.29 is 48.0 Å². The molecule has 0 nitrogen and oxygen atoms in total. The normalized spacial score (nSPS) is 17.5. The topological polar surface area (TPSA) is 0 Å². The quantitative estimate of drug-likeness (QED) is 0.350. The Balaban J connectivity index is 0.00000171. The molecule has 0 radical (unpaired) electrons.